The van der Waals surface area contributed by atoms with E-state index in [1.807, 2.05) is 21.0 Å². The smallest absolute Gasteiger partial charge is 0.0526 e. The van der Waals surface area contributed by atoms with Gasteiger partial charge in [0.25, 0.3) is 0 Å². The van der Waals surface area contributed by atoms with Gasteiger partial charge >= 0.3 is 0 Å². The van der Waals surface area contributed by atoms with Gasteiger partial charge in [0.05, 0.1) is 6.10 Å². The highest BCUT2D eigenvalue weighted by molar-refractivity contribution is 5.45. The largest absolute Gasteiger partial charge is 0.393 e. The number of hydrogen-bond acceptors (Lipinski definition) is 3. The normalized spacial score (nSPS) is 14.4. The van der Waals surface area contributed by atoms with Gasteiger partial charge in [-0.05, 0) is 38.0 Å². The van der Waals surface area contributed by atoms with Gasteiger partial charge in [0.1, 0.15) is 0 Å². The molecule has 0 aliphatic carbocycles. The lowest BCUT2D eigenvalue weighted by Crippen LogP contribution is -2.28. The Morgan fingerprint density at radius 2 is 1.76 bits per heavy atom. The van der Waals surface area contributed by atoms with Crippen molar-refractivity contribution in [1.29, 1.82) is 0 Å². The van der Waals surface area contributed by atoms with Crippen LogP contribution in [0.15, 0.2) is 24.3 Å². The molecule has 2 unspecified atom stereocenters. The lowest BCUT2D eigenvalue weighted by Gasteiger charge is -2.16. The van der Waals surface area contributed by atoms with Crippen LogP contribution in [0, 0.1) is 0 Å². The minimum absolute atomic E-state index is 0.242. The Morgan fingerprint density at radius 3 is 2.24 bits per heavy atom. The molecular formula is C14H24N2O. The summed E-state index contributed by atoms with van der Waals surface area (Å²) >= 11 is 0. The topological polar surface area (TPSA) is 35.5 Å². The summed E-state index contributed by atoms with van der Waals surface area (Å²) in [4.78, 5) is 2.09. The molecular weight excluding hydrogens is 212 g/mol. The second kappa shape index (κ2) is 6.62. The van der Waals surface area contributed by atoms with Gasteiger partial charge in [-0.2, -0.15) is 0 Å². The molecule has 3 heteroatoms. The SMILES string of the molecule is CC(O)CC(C)NCc1ccc(N(C)C)cc1. The molecule has 2 N–H and O–H groups in total. The minimum Gasteiger partial charge on any atom is -0.393 e. The molecule has 0 amide bonds. The van der Waals surface area contributed by atoms with E-state index in [1.165, 1.54) is 11.3 Å². The van der Waals surface area contributed by atoms with Crippen LogP contribution in [0.5, 0.6) is 0 Å². The highest BCUT2D eigenvalue weighted by atomic mass is 16.3. The zero-order chi connectivity index (χ0) is 12.8. The van der Waals surface area contributed by atoms with Crippen LogP contribution in [0.3, 0.4) is 0 Å². The van der Waals surface area contributed by atoms with Crippen molar-refractivity contribution in [2.45, 2.75) is 39.0 Å². The first-order valence-electron chi connectivity index (χ1n) is 6.16. The quantitative estimate of drug-likeness (QED) is 0.793. The van der Waals surface area contributed by atoms with E-state index < -0.39 is 0 Å². The monoisotopic (exact) mass is 236 g/mol. The molecule has 3 nitrogen and oxygen atoms in total. The van der Waals surface area contributed by atoms with Crippen molar-refractivity contribution in [3.8, 4) is 0 Å². The van der Waals surface area contributed by atoms with Crippen LogP contribution >= 0.6 is 0 Å². The summed E-state index contributed by atoms with van der Waals surface area (Å²) < 4.78 is 0. The van der Waals surface area contributed by atoms with Crippen LogP contribution in [0.2, 0.25) is 0 Å². The lowest BCUT2D eigenvalue weighted by atomic mass is 10.1. The summed E-state index contributed by atoms with van der Waals surface area (Å²) in [5, 5.41) is 12.7. The summed E-state index contributed by atoms with van der Waals surface area (Å²) in [5.74, 6) is 0. The molecule has 0 radical (unpaired) electrons. The molecule has 0 saturated heterocycles. The molecule has 2 atom stereocenters. The van der Waals surface area contributed by atoms with Crippen molar-refractivity contribution in [3.63, 3.8) is 0 Å². The Balaban J connectivity index is 2.42. The third kappa shape index (κ3) is 5.20. The van der Waals surface area contributed by atoms with Gasteiger partial charge in [0, 0.05) is 32.4 Å². The summed E-state index contributed by atoms with van der Waals surface area (Å²) in [6, 6.07) is 8.85. The molecule has 0 aliphatic rings. The Labute approximate surface area is 104 Å². The molecule has 17 heavy (non-hydrogen) atoms. The van der Waals surface area contributed by atoms with Crippen LogP contribution < -0.4 is 10.2 Å². The molecule has 0 saturated carbocycles. The maximum Gasteiger partial charge on any atom is 0.0526 e. The van der Waals surface area contributed by atoms with Crippen molar-refractivity contribution < 1.29 is 5.11 Å². The zero-order valence-electron chi connectivity index (χ0n) is 11.3. The van der Waals surface area contributed by atoms with Gasteiger partial charge < -0.3 is 15.3 Å². The Bertz CT molecular complexity index is 319. The molecule has 0 aliphatic heterocycles. The van der Waals surface area contributed by atoms with E-state index in [2.05, 4.69) is 41.4 Å². The van der Waals surface area contributed by atoms with Crippen LogP contribution in [0.4, 0.5) is 5.69 Å². The Kier molecular flexibility index (Phi) is 5.45. The number of aliphatic hydroxyl groups excluding tert-OH is 1. The van der Waals surface area contributed by atoms with Crippen LogP contribution in [0.1, 0.15) is 25.8 Å². The average Bonchev–Trinajstić information content (AvgIpc) is 2.26. The average molecular weight is 236 g/mol. The van der Waals surface area contributed by atoms with Gasteiger partial charge in [-0.15, -0.1) is 0 Å². The van der Waals surface area contributed by atoms with E-state index in [-0.39, 0.29) is 6.10 Å². The summed E-state index contributed by atoms with van der Waals surface area (Å²) in [6.07, 6.45) is 0.545. The predicted octanol–water partition coefficient (Wildman–Crippen LogP) is 2.00. The predicted molar refractivity (Wildman–Crippen MR) is 73.4 cm³/mol. The van der Waals surface area contributed by atoms with Crippen molar-refractivity contribution >= 4 is 5.69 Å². The number of hydrogen-bond donors (Lipinski definition) is 2. The van der Waals surface area contributed by atoms with E-state index in [9.17, 15) is 5.11 Å². The van der Waals surface area contributed by atoms with Crippen molar-refractivity contribution in [2.75, 3.05) is 19.0 Å². The summed E-state index contributed by atoms with van der Waals surface area (Å²) in [5.41, 5.74) is 2.49. The molecule has 1 rings (SSSR count). The van der Waals surface area contributed by atoms with Gasteiger partial charge in [-0.25, -0.2) is 0 Å². The molecule has 1 aromatic rings. The van der Waals surface area contributed by atoms with Crippen molar-refractivity contribution in [3.05, 3.63) is 29.8 Å². The van der Waals surface area contributed by atoms with Crippen molar-refractivity contribution in [2.24, 2.45) is 0 Å². The fourth-order valence-electron chi connectivity index (χ4n) is 1.80. The third-order valence-corrected chi connectivity index (χ3v) is 2.80. The molecule has 1 aromatic carbocycles. The van der Waals surface area contributed by atoms with Crippen LogP contribution in [-0.2, 0) is 6.54 Å². The molecule has 96 valence electrons. The number of aliphatic hydroxyl groups is 1. The highest BCUT2D eigenvalue weighted by Gasteiger charge is 2.05. The third-order valence-electron chi connectivity index (χ3n) is 2.80. The number of anilines is 1. The van der Waals surface area contributed by atoms with E-state index in [4.69, 9.17) is 0 Å². The number of rotatable bonds is 6. The molecule has 0 fully saturated rings. The Morgan fingerprint density at radius 1 is 1.18 bits per heavy atom. The van der Waals surface area contributed by atoms with Gasteiger partial charge in [0.15, 0.2) is 0 Å². The molecule has 0 aromatic heterocycles. The first kappa shape index (κ1) is 14.0. The molecule has 0 heterocycles. The highest BCUT2D eigenvalue weighted by Crippen LogP contribution is 2.12. The minimum atomic E-state index is -0.242. The fourth-order valence-corrected chi connectivity index (χ4v) is 1.80. The first-order valence-corrected chi connectivity index (χ1v) is 6.16. The first-order chi connectivity index (χ1) is 7.99. The number of nitrogens with zero attached hydrogens (tertiary/aromatic N) is 1. The standard InChI is InChI=1S/C14H24N2O/c1-11(9-12(2)17)15-10-13-5-7-14(8-6-13)16(3)4/h5-8,11-12,15,17H,9-10H2,1-4H3. The summed E-state index contributed by atoms with van der Waals surface area (Å²) in [6.45, 7) is 4.77. The van der Waals surface area contributed by atoms with Crippen LogP contribution in [-0.4, -0.2) is 31.3 Å². The maximum absolute atomic E-state index is 9.27. The van der Waals surface area contributed by atoms with E-state index in [0.29, 0.717) is 6.04 Å². The van der Waals surface area contributed by atoms with Gasteiger partial charge in [-0.1, -0.05) is 12.1 Å². The molecule has 0 spiro atoms. The van der Waals surface area contributed by atoms with Crippen molar-refractivity contribution in [1.82, 2.24) is 5.32 Å². The lowest BCUT2D eigenvalue weighted by molar-refractivity contribution is 0.170. The number of nitrogens with one attached hydrogen (secondary N) is 1. The van der Waals surface area contributed by atoms with Gasteiger partial charge in [-0.3, -0.25) is 0 Å². The van der Waals surface area contributed by atoms with E-state index >= 15 is 0 Å². The molecule has 0 bridgehead atoms. The second-order valence-electron chi connectivity index (χ2n) is 4.93. The van der Waals surface area contributed by atoms with E-state index in [1.54, 1.807) is 0 Å². The van der Waals surface area contributed by atoms with Gasteiger partial charge in [0.2, 0.25) is 0 Å². The van der Waals surface area contributed by atoms with E-state index in [0.717, 1.165) is 13.0 Å². The summed E-state index contributed by atoms with van der Waals surface area (Å²) in [7, 11) is 4.08. The fraction of sp³-hybridized carbons (Fsp3) is 0.571. The zero-order valence-corrected chi connectivity index (χ0v) is 11.3. The van der Waals surface area contributed by atoms with Crippen LogP contribution in [0.25, 0.3) is 0 Å². The maximum atomic E-state index is 9.27. The number of benzene rings is 1. The Hall–Kier alpha value is -1.06. The second-order valence-corrected chi connectivity index (χ2v) is 4.93.